The van der Waals surface area contributed by atoms with Crippen LogP contribution in [-0.2, 0) is 32.7 Å². The highest BCUT2D eigenvalue weighted by atomic mass is 31.1. The molecule has 4 atom stereocenters. The molecule has 20 heavy (non-hydrogen) atoms. The second kappa shape index (κ2) is 8.93. The van der Waals surface area contributed by atoms with E-state index in [4.69, 9.17) is 20.5 Å². The van der Waals surface area contributed by atoms with Crippen molar-refractivity contribution in [3.05, 3.63) is 0 Å². The number of hydrogen-bond acceptors (Lipinski definition) is 9. The van der Waals surface area contributed by atoms with Gasteiger partial charge in [0.1, 0.15) is 24.3 Å². The first-order chi connectivity index (χ1) is 9.24. The maximum absolute atomic E-state index is 11.6. The third-order valence-corrected chi connectivity index (χ3v) is 3.47. The third kappa shape index (κ3) is 5.89. The van der Waals surface area contributed by atoms with Gasteiger partial charge in [-0.25, -0.2) is 0 Å². The fourth-order valence-electron chi connectivity index (χ4n) is 1.08. The maximum atomic E-state index is 11.6. The minimum atomic E-state index is -2.61. The zero-order chi connectivity index (χ0) is 15.9. The number of esters is 2. The van der Waals surface area contributed by atoms with Crippen LogP contribution in [0.25, 0.3) is 0 Å². The molecule has 0 fully saturated rings. The van der Waals surface area contributed by atoms with Gasteiger partial charge < -0.3 is 20.9 Å². The summed E-state index contributed by atoms with van der Waals surface area (Å²) in [5, 5.41) is 0. The number of hydrogen-bond donors (Lipinski definition) is 2. The molecule has 0 bridgehead atoms. The fraction of sp³-hybridized carbons (Fsp3) is 0.800. The second-order valence-corrected chi connectivity index (χ2v) is 4.81. The molecule has 116 valence electrons. The zero-order valence-corrected chi connectivity index (χ0v) is 12.7. The SMILES string of the molecule is COC(=O)[C@@H](N)[C@@H](C)O[P+](=O)O[C@H](C)[C@H](N)C(=O)OC. The second-order valence-electron chi connectivity index (χ2n) is 3.94. The van der Waals surface area contributed by atoms with Crippen LogP contribution in [0, 0.1) is 0 Å². The van der Waals surface area contributed by atoms with Crippen molar-refractivity contribution >= 4 is 20.2 Å². The molecule has 0 aliphatic rings. The molecule has 0 saturated heterocycles. The largest absolute Gasteiger partial charge is 0.698 e. The summed E-state index contributed by atoms with van der Waals surface area (Å²) in [6.45, 7) is 2.87. The lowest BCUT2D eigenvalue weighted by molar-refractivity contribution is -0.144. The standard InChI is InChI=1S/C10H20N2O7P/c1-5(7(11)9(13)16-3)18-20(15)19-6(2)8(12)10(14)17-4/h5-8H,11-12H2,1-4H3/q+1/t5-,6-,7+,8+/m1/s1. The van der Waals surface area contributed by atoms with Gasteiger partial charge in [0.25, 0.3) is 0 Å². The van der Waals surface area contributed by atoms with Crippen LogP contribution in [0.5, 0.6) is 0 Å². The summed E-state index contributed by atoms with van der Waals surface area (Å²) in [4.78, 5) is 22.3. The number of nitrogens with two attached hydrogens (primary N) is 2. The average Bonchev–Trinajstić information content (AvgIpc) is 2.43. The fourth-order valence-corrected chi connectivity index (χ4v) is 1.94. The van der Waals surface area contributed by atoms with E-state index >= 15 is 0 Å². The Morgan fingerprint density at radius 2 is 1.20 bits per heavy atom. The van der Waals surface area contributed by atoms with Crippen molar-refractivity contribution in [3.63, 3.8) is 0 Å². The third-order valence-electron chi connectivity index (χ3n) is 2.46. The predicted octanol–water partition coefficient (Wildman–Crippen LogP) is -0.545. The van der Waals surface area contributed by atoms with Crippen molar-refractivity contribution in [3.8, 4) is 0 Å². The first-order valence-corrected chi connectivity index (χ1v) is 6.81. The van der Waals surface area contributed by atoms with Gasteiger partial charge in [0.15, 0.2) is 0 Å². The molecule has 0 saturated carbocycles. The highest BCUT2D eigenvalue weighted by molar-refractivity contribution is 7.33. The minimum Gasteiger partial charge on any atom is -0.468 e. The van der Waals surface area contributed by atoms with E-state index in [1.807, 2.05) is 0 Å². The van der Waals surface area contributed by atoms with Crippen LogP contribution in [0.4, 0.5) is 0 Å². The first-order valence-electron chi connectivity index (χ1n) is 5.72. The molecule has 0 unspecified atom stereocenters. The lowest BCUT2D eigenvalue weighted by Gasteiger charge is -2.14. The van der Waals surface area contributed by atoms with Gasteiger partial charge in [0, 0.05) is 4.57 Å². The molecule has 0 heterocycles. The summed E-state index contributed by atoms with van der Waals surface area (Å²) in [5.74, 6) is -1.42. The highest BCUT2D eigenvalue weighted by Gasteiger charge is 2.37. The van der Waals surface area contributed by atoms with Crippen molar-refractivity contribution in [2.45, 2.75) is 38.1 Å². The van der Waals surface area contributed by atoms with Crippen molar-refractivity contribution in [2.24, 2.45) is 11.5 Å². The summed E-state index contributed by atoms with van der Waals surface area (Å²) in [5.41, 5.74) is 11.0. The van der Waals surface area contributed by atoms with E-state index in [1.165, 1.54) is 28.1 Å². The molecule has 0 aromatic heterocycles. The molecular formula is C10H20N2O7P+. The zero-order valence-electron chi connectivity index (χ0n) is 11.8. The van der Waals surface area contributed by atoms with E-state index < -0.39 is 44.5 Å². The minimum absolute atomic E-state index is 0.708. The predicted molar refractivity (Wildman–Crippen MR) is 68.7 cm³/mol. The quantitative estimate of drug-likeness (QED) is 0.446. The van der Waals surface area contributed by atoms with Crippen LogP contribution in [0.1, 0.15) is 13.8 Å². The summed E-state index contributed by atoms with van der Waals surface area (Å²) in [6.07, 6.45) is -1.79. The van der Waals surface area contributed by atoms with Crippen LogP contribution in [-0.4, -0.2) is 50.4 Å². The Hall–Kier alpha value is -1.12. The van der Waals surface area contributed by atoms with Gasteiger partial charge in [-0.3, -0.25) is 9.59 Å². The molecule has 9 nitrogen and oxygen atoms in total. The monoisotopic (exact) mass is 311 g/mol. The molecule has 0 amide bonds. The van der Waals surface area contributed by atoms with E-state index in [9.17, 15) is 14.2 Å². The maximum Gasteiger partial charge on any atom is 0.698 e. The Kier molecular flexibility index (Phi) is 8.43. The Labute approximate surface area is 117 Å². The van der Waals surface area contributed by atoms with Crippen molar-refractivity contribution < 1.29 is 32.7 Å². The van der Waals surface area contributed by atoms with Gasteiger partial charge >= 0.3 is 20.2 Å². The molecule has 0 rings (SSSR count). The molecule has 4 N–H and O–H groups in total. The number of carbonyl (C=O) groups excluding carboxylic acids is 2. The van der Waals surface area contributed by atoms with Gasteiger partial charge in [-0.2, -0.15) is 0 Å². The summed E-state index contributed by atoms with van der Waals surface area (Å²) < 4.78 is 30.3. The van der Waals surface area contributed by atoms with E-state index in [0.717, 1.165) is 0 Å². The van der Waals surface area contributed by atoms with Gasteiger partial charge in [-0.1, -0.05) is 0 Å². The smallest absolute Gasteiger partial charge is 0.468 e. The summed E-state index contributed by atoms with van der Waals surface area (Å²) >= 11 is 0. The number of ether oxygens (including phenoxy) is 2. The lowest BCUT2D eigenvalue weighted by atomic mass is 10.2. The highest BCUT2D eigenvalue weighted by Crippen LogP contribution is 2.29. The Bertz CT molecular complexity index is 334. The number of methoxy groups -OCH3 is 2. The lowest BCUT2D eigenvalue weighted by Crippen LogP contribution is -2.43. The molecule has 0 aliphatic heterocycles. The van der Waals surface area contributed by atoms with Crippen LogP contribution in [0.15, 0.2) is 0 Å². The number of carbonyl (C=O) groups is 2. The normalized spacial score (nSPS) is 16.7. The van der Waals surface area contributed by atoms with E-state index in [-0.39, 0.29) is 0 Å². The topological polar surface area (TPSA) is 140 Å². The number of rotatable bonds is 8. The van der Waals surface area contributed by atoms with Crippen LogP contribution in [0.2, 0.25) is 0 Å². The molecule has 0 spiro atoms. The van der Waals surface area contributed by atoms with Gasteiger partial charge in [0.05, 0.1) is 14.2 Å². The van der Waals surface area contributed by atoms with Crippen molar-refractivity contribution in [2.75, 3.05) is 14.2 Å². The average molecular weight is 311 g/mol. The van der Waals surface area contributed by atoms with Crippen molar-refractivity contribution in [1.29, 1.82) is 0 Å². The van der Waals surface area contributed by atoms with Crippen molar-refractivity contribution in [1.82, 2.24) is 0 Å². The molecule has 10 heteroatoms. The van der Waals surface area contributed by atoms with Crippen LogP contribution in [0.3, 0.4) is 0 Å². The Morgan fingerprint density at radius 1 is 0.900 bits per heavy atom. The first kappa shape index (κ1) is 18.9. The van der Waals surface area contributed by atoms with Gasteiger partial charge in [-0.15, -0.1) is 9.05 Å². The molecule has 0 radical (unpaired) electrons. The molecular weight excluding hydrogens is 291 g/mol. The molecule has 0 aliphatic carbocycles. The Balaban J connectivity index is 4.35. The summed E-state index contributed by atoms with van der Waals surface area (Å²) in [7, 11) is -0.270. The van der Waals surface area contributed by atoms with E-state index in [1.54, 1.807) is 0 Å². The summed E-state index contributed by atoms with van der Waals surface area (Å²) in [6, 6.07) is -2.21. The Morgan fingerprint density at radius 3 is 1.45 bits per heavy atom. The van der Waals surface area contributed by atoms with E-state index in [2.05, 4.69) is 9.47 Å². The van der Waals surface area contributed by atoms with Crippen LogP contribution >= 0.6 is 8.25 Å². The molecule has 0 aromatic rings. The van der Waals surface area contributed by atoms with Gasteiger partial charge in [-0.05, 0) is 13.8 Å². The van der Waals surface area contributed by atoms with Crippen LogP contribution < -0.4 is 11.5 Å². The van der Waals surface area contributed by atoms with E-state index in [0.29, 0.717) is 0 Å². The van der Waals surface area contributed by atoms with Gasteiger partial charge in [0.2, 0.25) is 0 Å². The molecule has 0 aromatic carbocycles.